The van der Waals surface area contributed by atoms with Gasteiger partial charge in [-0.1, -0.05) is 6.92 Å². The number of carbonyl (C=O) groups excluding carboxylic acids is 2. The average molecular weight is 290 g/mol. The fourth-order valence-electron chi connectivity index (χ4n) is 2.27. The molecule has 2 amide bonds. The number of hydrogen-bond donors (Lipinski definition) is 4. The number of fused-ring (bicyclic) bond motifs is 1. The number of nitrogens with one attached hydrogen (secondary N) is 3. The lowest BCUT2D eigenvalue weighted by Gasteiger charge is -2.21. The molecule has 5 N–H and O–H groups in total. The van der Waals surface area contributed by atoms with Crippen LogP contribution in [0.5, 0.6) is 0 Å². The summed E-state index contributed by atoms with van der Waals surface area (Å²) in [6.07, 6.45) is 2.07. The Morgan fingerprint density at radius 3 is 2.90 bits per heavy atom. The Hall–Kier alpha value is -2.24. The van der Waals surface area contributed by atoms with Crippen LogP contribution in [0.25, 0.3) is 0 Å². The summed E-state index contributed by atoms with van der Waals surface area (Å²) in [5.41, 5.74) is 9.06. The molecule has 1 aliphatic heterocycles. The minimum Gasteiger partial charge on any atom is -0.397 e. The second-order valence-corrected chi connectivity index (χ2v) is 5.30. The number of benzene rings is 1. The van der Waals surface area contributed by atoms with Crippen molar-refractivity contribution in [2.75, 3.05) is 22.9 Å². The molecule has 0 aliphatic carbocycles. The van der Waals surface area contributed by atoms with Crippen LogP contribution < -0.4 is 21.7 Å². The lowest BCUT2D eigenvalue weighted by molar-refractivity contribution is -0.121. The first-order valence-corrected chi connectivity index (χ1v) is 7.27. The lowest BCUT2D eigenvalue weighted by Crippen LogP contribution is -2.38. The Bertz CT molecular complexity index is 557. The van der Waals surface area contributed by atoms with Gasteiger partial charge in [0, 0.05) is 18.7 Å². The molecule has 0 saturated heterocycles. The van der Waals surface area contributed by atoms with E-state index in [0.717, 1.165) is 17.7 Å². The zero-order chi connectivity index (χ0) is 15.4. The quantitative estimate of drug-likeness (QED) is 0.618. The number of nitrogen functional groups attached to an aromatic ring is 1. The molecule has 1 aromatic carbocycles. The predicted molar refractivity (Wildman–Crippen MR) is 84.2 cm³/mol. The third kappa shape index (κ3) is 3.65. The third-order valence-electron chi connectivity index (χ3n) is 3.49. The van der Waals surface area contributed by atoms with Crippen molar-refractivity contribution in [3.05, 3.63) is 17.7 Å². The number of carbonyl (C=O) groups is 2. The van der Waals surface area contributed by atoms with Crippen LogP contribution in [0.2, 0.25) is 0 Å². The fourth-order valence-corrected chi connectivity index (χ4v) is 2.27. The Labute approximate surface area is 124 Å². The van der Waals surface area contributed by atoms with E-state index in [1.54, 1.807) is 13.0 Å². The van der Waals surface area contributed by atoms with Crippen LogP contribution in [0.3, 0.4) is 0 Å². The van der Waals surface area contributed by atoms with Crippen molar-refractivity contribution >= 4 is 28.9 Å². The van der Waals surface area contributed by atoms with Crippen molar-refractivity contribution in [3.8, 4) is 0 Å². The summed E-state index contributed by atoms with van der Waals surface area (Å²) in [6.45, 7) is 4.44. The van der Waals surface area contributed by atoms with E-state index in [2.05, 4.69) is 16.0 Å². The molecule has 21 heavy (non-hydrogen) atoms. The van der Waals surface area contributed by atoms with E-state index in [0.29, 0.717) is 30.8 Å². The van der Waals surface area contributed by atoms with Crippen LogP contribution in [0.1, 0.15) is 32.3 Å². The number of rotatable bonds is 5. The predicted octanol–water partition coefficient (Wildman–Crippen LogP) is 1.48. The highest BCUT2D eigenvalue weighted by molar-refractivity contribution is 5.96. The smallest absolute Gasteiger partial charge is 0.242 e. The van der Waals surface area contributed by atoms with E-state index in [4.69, 9.17) is 5.73 Å². The van der Waals surface area contributed by atoms with Crippen molar-refractivity contribution in [2.45, 2.75) is 39.2 Å². The molecule has 0 radical (unpaired) electrons. The summed E-state index contributed by atoms with van der Waals surface area (Å²) in [5, 5.41) is 8.75. The van der Waals surface area contributed by atoms with Gasteiger partial charge in [-0.15, -0.1) is 0 Å². The van der Waals surface area contributed by atoms with Gasteiger partial charge in [0.1, 0.15) is 6.04 Å². The Kier molecular flexibility index (Phi) is 4.67. The molecule has 1 aromatic rings. The number of amides is 2. The summed E-state index contributed by atoms with van der Waals surface area (Å²) < 4.78 is 0. The highest BCUT2D eigenvalue weighted by atomic mass is 16.2. The van der Waals surface area contributed by atoms with E-state index in [9.17, 15) is 9.59 Å². The first kappa shape index (κ1) is 15.2. The number of hydrogen-bond acceptors (Lipinski definition) is 4. The van der Waals surface area contributed by atoms with Gasteiger partial charge in [-0.05, 0) is 37.5 Å². The summed E-state index contributed by atoms with van der Waals surface area (Å²) in [4.78, 5) is 23.3. The summed E-state index contributed by atoms with van der Waals surface area (Å²) in [7, 11) is 0. The number of nitrogens with two attached hydrogens (primary N) is 1. The van der Waals surface area contributed by atoms with Crippen LogP contribution >= 0.6 is 0 Å². The van der Waals surface area contributed by atoms with Crippen LogP contribution in [-0.4, -0.2) is 24.4 Å². The minimum absolute atomic E-state index is 0.00644. The van der Waals surface area contributed by atoms with Crippen molar-refractivity contribution in [3.63, 3.8) is 0 Å². The highest BCUT2D eigenvalue weighted by Crippen LogP contribution is 2.31. The molecule has 2 rings (SSSR count). The number of aryl methyl sites for hydroxylation is 1. The molecule has 0 saturated carbocycles. The second-order valence-electron chi connectivity index (χ2n) is 5.30. The molecular weight excluding hydrogens is 268 g/mol. The molecule has 0 fully saturated rings. The normalized spacial score (nSPS) is 14.9. The maximum absolute atomic E-state index is 11.9. The zero-order valence-electron chi connectivity index (χ0n) is 12.5. The maximum atomic E-state index is 11.9. The van der Waals surface area contributed by atoms with Gasteiger partial charge in [0.25, 0.3) is 0 Å². The molecule has 1 aliphatic rings. The monoisotopic (exact) mass is 290 g/mol. The van der Waals surface area contributed by atoms with Gasteiger partial charge in [0.15, 0.2) is 0 Å². The van der Waals surface area contributed by atoms with E-state index in [-0.39, 0.29) is 11.8 Å². The fraction of sp³-hybridized carbons (Fsp3) is 0.467. The van der Waals surface area contributed by atoms with Gasteiger partial charge >= 0.3 is 0 Å². The Balaban J connectivity index is 2.11. The summed E-state index contributed by atoms with van der Waals surface area (Å²) in [6, 6.07) is 3.26. The number of anilines is 3. The van der Waals surface area contributed by atoms with Crippen molar-refractivity contribution in [2.24, 2.45) is 0 Å². The van der Waals surface area contributed by atoms with Crippen LogP contribution in [0.15, 0.2) is 12.1 Å². The topological polar surface area (TPSA) is 96.2 Å². The van der Waals surface area contributed by atoms with E-state index < -0.39 is 6.04 Å². The first-order chi connectivity index (χ1) is 10.0. The maximum Gasteiger partial charge on any atom is 0.242 e. The zero-order valence-corrected chi connectivity index (χ0v) is 12.5. The molecule has 0 aromatic heterocycles. The summed E-state index contributed by atoms with van der Waals surface area (Å²) >= 11 is 0. The molecule has 0 bridgehead atoms. The van der Waals surface area contributed by atoms with Crippen molar-refractivity contribution < 1.29 is 9.59 Å². The van der Waals surface area contributed by atoms with E-state index in [1.807, 2.05) is 13.0 Å². The van der Waals surface area contributed by atoms with Gasteiger partial charge in [-0.25, -0.2) is 0 Å². The van der Waals surface area contributed by atoms with Gasteiger partial charge in [-0.3, -0.25) is 9.59 Å². The van der Waals surface area contributed by atoms with Gasteiger partial charge in [-0.2, -0.15) is 0 Å². The summed E-state index contributed by atoms with van der Waals surface area (Å²) in [5.74, 6) is -0.0648. The molecule has 1 atom stereocenters. The van der Waals surface area contributed by atoms with E-state index in [1.165, 1.54) is 0 Å². The molecule has 6 nitrogen and oxygen atoms in total. The van der Waals surface area contributed by atoms with E-state index >= 15 is 0 Å². The van der Waals surface area contributed by atoms with Crippen LogP contribution in [-0.2, 0) is 16.0 Å². The highest BCUT2D eigenvalue weighted by Gasteiger charge is 2.18. The average Bonchev–Trinajstić information content (AvgIpc) is 2.45. The standard InChI is InChI=1S/C15H22N4O2/c1-3-6-17-15(21)9(2)18-13-8-12-10(7-11(13)16)4-5-14(20)19-12/h7-9,18H,3-6,16H2,1-2H3,(H,17,21)(H,19,20). The Morgan fingerprint density at radius 1 is 1.43 bits per heavy atom. The molecular formula is C15H22N4O2. The SMILES string of the molecule is CCCNC(=O)C(C)Nc1cc2c(cc1N)CCC(=O)N2. The second kappa shape index (κ2) is 6.47. The minimum atomic E-state index is -0.392. The Morgan fingerprint density at radius 2 is 2.19 bits per heavy atom. The van der Waals surface area contributed by atoms with Crippen molar-refractivity contribution in [1.82, 2.24) is 5.32 Å². The molecule has 1 heterocycles. The first-order valence-electron chi connectivity index (χ1n) is 7.27. The lowest BCUT2D eigenvalue weighted by atomic mass is 10.0. The largest absolute Gasteiger partial charge is 0.397 e. The van der Waals surface area contributed by atoms with Crippen LogP contribution in [0, 0.1) is 0 Å². The van der Waals surface area contributed by atoms with Crippen LogP contribution in [0.4, 0.5) is 17.1 Å². The van der Waals surface area contributed by atoms with Gasteiger partial charge in [0.05, 0.1) is 11.4 Å². The van der Waals surface area contributed by atoms with Crippen molar-refractivity contribution in [1.29, 1.82) is 0 Å². The molecule has 114 valence electrons. The molecule has 6 heteroatoms. The van der Waals surface area contributed by atoms with Gasteiger partial charge < -0.3 is 21.7 Å². The third-order valence-corrected chi connectivity index (χ3v) is 3.49. The molecule has 1 unspecified atom stereocenters. The van der Waals surface area contributed by atoms with Gasteiger partial charge in [0.2, 0.25) is 11.8 Å². The molecule has 0 spiro atoms.